The summed E-state index contributed by atoms with van der Waals surface area (Å²) in [5.41, 5.74) is 4.58. The second-order valence-electron chi connectivity index (χ2n) is 5.21. The second-order valence-corrected chi connectivity index (χ2v) is 5.21. The molecule has 0 heterocycles. The lowest BCUT2D eigenvalue weighted by Crippen LogP contribution is -2.02. The van der Waals surface area contributed by atoms with Gasteiger partial charge in [0.15, 0.2) is 0 Å². The third-order valence-corrected chi connectivity index (χ3v) is 3.92. The molecular formula is C19H24O2. The Hall–Kier alpha value is -1.96. The van der Waals surface area contributed by atoms with E-state index in [0.29, 0.717) is 12.4 Å². The molecule has 2 aromatic carbocycles. The lowest BCUT2D eigenvalue weighted by Gasteiger charge is -2.14. The van der Waals surface area contributed by atoms with E-state index in [4.69, 9.17) is 4.74 Å². The van der Waals surface area contributed by atoms with Gasteiger partial charge in [0, 0.05) is 5.56 Å². The van der Waals surface area contributed by atoms with Crippen molar-refractivity contribution in [3.63, 3.8) is 0 Å². The number of aryl methyl sites for hydroxylation is 3. The van der Waals surface area contributed by atoms with Crippen molar-refractivity contribution in [3.8, 4) is 11.5 Å². The zero-order valence-electron chi connectivity index (χ0n) is 13.1. The van der Waals surface area contributed by atoms with Crippen molar-refractivity contribution in [1.29, 1.82) is 0 Å². The number of hydrogen-bond donors (Lipinski definition) is 1. The molecule has 1 N–H and O–H groups in total. The summed E-state index contributed by atoms with van der Waals surface area (Å²) in [6.45, 7) is 6.80. The highest BCUT2D eigenvalue weighted by Crippen LogP contribution is 2.26. The molecule has 2 nitrogen and oxygen atoms in total. The lowest BCUT2D eigenvalue weighted by molar-refractivity contribution is 0.295. The smallest absolute Gasteiger partial charge is 0.123 e. The van der Waals surface area contributed by atoms with Crippen LogP contribution in [0, 0.1) is 0 Å². The molecule has 0 atom stereocenters. The fourth-order valence-electron chi connectivity index (χ4n) is 2.54. The minimum atomic E-state index is 0.317. The van der Waals surface area contributed by atoms with Gasteiger partial charge in [-0.15, -0.1) is 0 Å². The summed E-state index contributed by atoms with van der Waals surface area (Å²) < 4.78 is 5.98. The fraction of sp³-hybridized carbons (Fsp3) is 0.368. The van der Waals surface area contributed by atoms with E-state index in [2.05, 4.69) is 32.9 Å². The lowest BCUT2D eigenvalue weighted by atomic mass is 10.0. The molecular weight excluding hydrogens is 260 g/mol. The standard InChI is InChI=1S/C19H24O2/c1-4-14-10-11-19(16(6-3)12-14)21-13-17-15(5-2)8-7-9-18(17)20/h7-12,20H,4-6,13H2,1-3H3. The zero-order chi connectivity index (χ0) is 15.2. The summed E-state index contributed by atoms with van der Waals surface area (Å²) >= 11 is 0. The Morgan fingerprint density at radius 3 is 2.33 bits per heavy atom. The van der Waals surface area contributed by atoms with Crippen molar-refractivity contribution >= 4 is 0 Å². The van der Waals surface area contributed by atoms with Gasteiger partial charge in [-0.25, -0.2) is 0 Å². The quantitative estimate of drug-likeness (QED) is 0.836. The van der Waals surface area contributed by atoms with Crippen molar-refractivity contribution in [2.75, 3.05) is 0 Å². The second kappa shape index (κ2) is 7.16. The summed E-state index contributed by atoms with van der Waals surface area (Å²) in [6.07, 6.45) is 2.87. The molecule has 0 spiro atoms. The van der Waals surface area contributed by atoms with Crippen molar-refractivity contribution in [1.82, 2.24) is 0 Å². The first-order valence-electron chi connectivity index (χ1n) is 7.73. The molecule has 21 heavy (non-hydrogen) atoms. The van der Waals surface area contributed by atoms with Gasteiger partial charge in [0.25, 0.3) is 0 Å². The van der Waals surface area contributed by atoms with Crippen LogP contribution in [0.25, 0.3) is 0 Å². The van der Waals surface area contributed by atoms with Crippen molar-refractivity contribution in [2.45, 2.75) is 46.6 Å². The molecule has 0 aliphatic heterocycles. The SMILES string of the molecule is CCc1ccc(OCc2c(O)cccc2CC)c(CC)c1. The maximum absolute atomic E-state index is 10.0. The van der Waals surface area contributed by atoms with Crippen LogP contribution < -0.4 is 4.74 Å². The summed E-state index contributed by atoms with van der Waals surface area (Å²) in [6, 6.07) is 12.0. The predicted molar refractivity (Wildman–Crippen MR) is 87.0 cm³/mol. The van der Waals surface area contributed by atoms with Crippen LogP contribution in [0.2, 0.25) is 0 Å². The monoisotopic (exact) mass is 284 g/mol. The molecule has 0 unspecified atom stereocenters. The van der Waals surface area contributed by atoms with Crippen molar-refractivity contribution in [3.05, 3.63) is 58.7 Å². The van der Waals surface area contributed by atoms with Crippen LogP contribution in [0.5, 0.6) is 11.5 Å². The molecule has 0 radical (unpaired) electrons. The fourth-order valence-corrected chi connectivity index (χ4v) is 2.54. The zero-order valence-corrected chi connectivity index (χ0v) is 13.1. The topological polar surface area (TPSA) is 29.5 Å². The average molecular weight is 284 g/mol. The van der Waals surface area contributed by atoms with Gasteiger partial charge in [0.1, 0.15) is 18.1 Å². The van der Waals surface area contributed by atoms with E-state index in [9.17, 15) is 5.11 Å². The molecule has 0 saturated heterocycles. The minimum Gasteiger partial charge on any atom is -0.508 e. The molecule has 112 valence electrons. The molecule has 0 fully saturated rings. The molecule has 2 aromatic rings. The number of aromatic hydroxyl groups is 1. The molecule has 0 amide bonds. The number of hydrogen-bond acceptors (Lipinski definition) is 2. The Kier molecular flexibility index (Phi) is 5.26. The summed E-state index contributed by atoms with van der Waals surface area (Å²) in [7, 11) is 0. The maximum atomic E-state index is 10.0. The van der Waals surface area contributed by atoms with Gasteiger partial charge in [-0.1, -0.05) is 45.0 Å². The number of rotatable bonds is 6. The van der Waals surface area contributed by atoms with E-state index in [1.54, 1.807) is 6.07 Å². The van der Waals surface area contributed by atoms with E-state index < -0.39 is 0 Å². The minimum absolute atomic E-state index is 0.317. The predicted octanol–water partition coefficient (Wildman–Crippen LogP) is 4.66. The van der Waals surface area contributed by atoms with Crippen molar-refractivity contribution in [2.24, 2.45) is 0 Å². The largest absolute Gasteiger partial charge is 0.508 e. The number of phenolic OH excluding ortho intramolecular Hbond substituents is 1. The number of phenols is 1. The number of ether oxygens (including phenoxy) is 1. The third kappa shape index (κ3) is 3.57. The average Bonchev–Trinajstić information content (AvgIpc) is 2.53. The molecule has 2 heteroatoms. The molecule has 0 saturated carbocycles. The Morgan fingerprint density at radius 1 is 0.905 bits per heavy atom. The molecule has 2 rings (SSSR count). The maximum Gasteiger partial charge on any atom is 0.123 e. The highest BCUT2D eigenvalue weighted by atomic mass is 16.5. The Morgan fingerprint density at radius 2 is 1.67 bits per heavy atom. The molecule has 0 aliphatic rings. The van der Waals surface area contributed by atoms with Gasteiger partial charge in [-0.2, -0.15) is 0 Å². The first-order chi connectivity index (χ1) is 10.2. The van der Waals surface area contributed by atoms with Gasteiger partial charge >= 0.3 is 0 Å². The summed E-state index contributed by atoms with van der Waals surface area (Å²) in [5.74, 6) is 1.23. The Balaban J connectivity index is 2.20. The van der Waals surface area contributed by atoms with Gasteiger partial charge in [0.05, 0.1) is 0 Å². The molecule has 0 aliphatic carbocycles. The van der Waals surface area contributed by atoms with Crippen LogP contribution in [-0.4, -0.2) is 5.11 Å². The van der Waals surface area contributed by atoms with Gasteiger partial charge in [0.2, 0.25) is 0 Å². The summed E-state index contributed by atoms with van der Waals surface area (Å²) in [5, 5.41) is 10.0. The number of benzene rings is 2. The van der Waals surface area contributed by atoms with Gasteiger partial charge < -0.3 is 9.84 Å². The first-order valence-corrected chi connectivity index (χ1v) is 7.73. The summed E-state index contributed by atoms with van der Waals surface area (Å²) in [4.78, 5) is 0. The van der Waals surface area contributed by atoms with E-state index in [-0.39, 0.29) is 0 Å². The van der Waals surface area contributed by atoms with E-state index in [1.165, 1.54) is 11.1 Å². The van der Waals surface area contributed by atoms with E-state index >= 15 is 0 Å². The normalized spacial score (nSPS) is 10.6. The van der Waals surface area contributed by atoms with Crippen LogP contribution in [0.1, 0.15) is 43.0 Å². The highest BCUT2D eigenvalue weighted by Gasteiger charge is 2.09. The van der Waals surface area contributed by atoms with Crippen molar-refractivity contribution < 1.29 is 9.84 Å². The highest BCUT2D eigenvalue weighted by molar-refractivity contribution is 5.41. The van der Waals surface area contributed by atoms with Crippen LogP contribution in [-0.2, 0) is 25.9 Å². The van der Waals surface area contributed by atoms with Crippen LogP contribution in [0.4, 0.5) is 0 Å². The Bertz CT molecular complexity index is 603. The molecule has 0 aromatic heterocycles. The van der Waals surface area contributed by atoms with Crippen LogP contribution in [0.3, 0.4) is 0 Å². The molecule has 0 bridgehead atoms. The van der Waals surface area contributed by atoms with E-state index in [1.807, 2.05) is 18.2 Å². The third-order valence-electron chi connectivity index (χ3n) is 3.92. The van der Waals surface area contributed by atoms with Gasteiger partial charge in [-0.05, 0) is 48.1 Å². The van der Waals surface area contributed by atoms with Crippen LogP contribution in [0.15, 0.2) is 36.4 Å². The Labute approximate surface area is 127 Å². The first kappa shape index (κ1) is 15.4. The van der Waals surface area contributed by atoms with Crippen LogP contribution >= 0.6 is 0 Å². The van der Waals surface area contributed by atoms with E-state index in [0.717, 1.165) is 36.1 Å². The van der Waals surface area contributed by atoms with Gasteiger partial charge in [-0.3, -0.25) is 0 Å².